The molecular weight excluding hydrogens is 365 g/mol. The molecule has 2 heterocycles. The Balaban J connectivity index is 1.98. The molecule has 3 atom stereocenters. The number of nitrogens with zero attached hydrogens (tertiary/aromatic N) is 2. The summed E-state index contributed by atoms with van der Waals surface area (Å²) in [5.74, 6) is -1.19. The van der Waals surface area contributed by atoms with Gasteiger partial charge < -0.3 is 9.84 Å². The number of thioether (sulfide) groups is 1. The van der Waals surface area contributed by atoms with Gasteiger partial charge in [-0.15, -0.1) is 11.8 Å². The van der Waals surface area contributed by atoms with Crippen LogP contribution in [0, 0.1) is 5.82 Å². The number of H-pyrrole nitrogens is 1. The number of hydrogen-bond acceptors (Lipinski definition) is 6. The molecular formula is C16H16FN3O5S. The predicted octanol–water partition coefficient (Wildman–Crippen LogP) is 0.778. The molecule has 1 aromatic carbocycles. The van der Waals surface area contributed by atoms with Gasteiger partial charge in [-0.3, -0.25) is 19.2 Å². The minimum atomic E-state index is -1.21. The van der Waals surface area contributed by atoms with E-state index in [2.05, 4.69) is 0 Å². The molecule has 0 bridgehead atoms. The van der Waals surface area contributed by atoms with E-state index in [1.54, 1.807) is 0 Å². The van der Waals surface area contributed by atoms with E-state index < -0.39 is 40.7 Å². The zero-order valence-corrected chi connectivity index (χ0v) is 14.5. The van der Waals surface area contributed by atoms with Crippen molar-refractivity contribution in [3.63, 3.8) is 0 Å². The SMILES string of the molecule is COC(=O)N1C[C@@H](Sc2ccccc2)[C@H](O)[C@@H]1n1cc(F)c(=O)[nH]c1=O. The largest absolute Gasteiger partial charge is 0.453 e. The van der Waals surface area contributed by atoms with Crippen molar-refractivity contribution < 1.29 is 19.0 Å². The van der Waals surface area contributed by atoms with E-state index in [1.165, 1.54) is 18.9 Å². The van der Waals surface area contributed by atoms with Crippen molar-refractivity contribution in [2.45, 2.75) is 22.4 Å². The van der Waals surface area contributed by atoms with Crippen LogP contribution in [0.4, 0.5) is 9.18 Å². The Morgan fingerprint density at radius 2 is 2.04 bits per heavy atom. The number of aromatic amines is 1. The average molecular weight is 381 g/mol. The van der Waals surface area contributed by atoms with Gasteiger partial charge in [0.05, 0.1) is 18.6 Å². The number of aliphatic hydroxyl groups is 1. The van der Waals surface area contributed by atoms with Crippen molar-refractivity contribution in [1.29, 1.82) is 0 Å². The standard InChI is InChI=1S/C16H16FN3O5S/c1-25-16(24)20-8-11(26-9-5-3-2-4-6-9)12(21)14(20)19-7-10(17)13(22)18-15(19)23/h2-7,11-12,14,21H,8H2,1H3,(H,18,22,23)/t11-,12+,14-/m1/s1. The lowest BCUT2D eigenvalue weighted by Gasteiger charge is -2.26. The average Bonchev–Trinajstić information content (AvgIpc) is 2.95. The zero-order valence-electron chi connectivity index (χ0n) is 13.7. The second-order valence-corrected chi connectivity index (χ2v) is 6.95. The summed E-state index contributed by atoms with van der Waals surface area (Å²) in [6.07, 6.45) is -2.49. The number of ether oxygens (including phenoxy) is 1. The van der Waals surface area contributed by atoms with Crippen LogP contribution in [0.25, 0.3) is 0 Å². The molecule has 1 aliphatic rings. The van der Waals surface area contributed by atoms with Gasteiger partial charge in [0.25, 0.3) is 5.56 Å². The molecule has 0 aliphatic carbocycles. The van der Waals surface area contributed by atoms with E-state index in [0.29, 0.717) is 6.20 Å². The number of likely N-dealkylation sites (tertiary alicyclic amines) is 1. The Kier molecular flexibility index (Phi) is 5.14. The number of nitrogens with one attached hydrogen (secondary N) is 1. The van der Waals surface area contributed by atoms with Gasteiger partial charge in [-0.25, -0.2) is 9.59 Å². The molecule has 10 heteroatoms. The van der Waals surface area contributed by atoms with Gasteiger partial charge in [0.1, 0.15) is 12.3 Å². The molecule has 1 aliphatic heterocycles. The number of aromatic nitrogens is 2. The zero-order chi connectivity index (χ0) is 18.8. The van der Waals surface area contributed by atoms with Gasteiger partial charge in [-0.1, -0.05) is 18.2 Å². The van der Waals surface area contributed by atoms with Crippen molar-refractivity contribution in [3.8, 4) is 0 Å². The number of hydrogen-bond donors (Lipinski definition) is 2. The summed E-state index contributed by atoms with van der Waals surface area (Å²) in [6, 6.07) is 9.21. The van der Waals surface area contributed by atoms with Crippen molar-refractivity contribution in [2.24, 2.45) is 0 Å². The van der Waals surface area contributed by atoms with E-state index >= 15 is 0 Å². The fourth-order valence-corrected chi connectivity index (χ4v) is 4.02. The first-order chi connectivity index (χ1) is 12.4. The highest BCUT2D eigenvalue weighted by atomic mass is 32.2. The second-order valence-electron chi connectivity index (χ2n) is 5.64. The third-order valence-corrected chi connectivity index (χ3v) is 5.31. The van der Waals surface area contributed by atoms with Gasteiger partial charge in [0, 0.05) is 11.4 Å². The lowest BCUT2D eigenvalue weighted by Crippen LogP contribution is -2.44. The molecule has 1 amide bonds. The predicted molar refractivity (Wildman–Crippen MR) is 91.5 cm³/mol. The molecule has 2 N–H and O–H groups in total. The summed E-state index contributed by atoms with van der Waals surface area (Å²) in [4.78, 5) is 39.3. The number of benzene rings is 1. The maximum absolute atomic E-state index is 13.7. The van der Waals surface area contributed by atoms with Crippen molar-refractivity contribution in [2.75, 3.05) is 13.7 Å². The minimum Gasteiger partial charge on any atom is -0.453 e. The van der Waals surface area contributed by atoms with Crippen LogP contribution in [0.5, 0.6) is 0 Å². The van der Waals surface area contributed by atoms with E-state index in [0.717, 1.165) is 14.4 Å². The second kappa shape index (κ2) is 7.34. The monoisotopic (exact) mass is 381 g/mol. The number of aliphatic hydroxyl groups excluding tert-OH is 1. The van der Waals surface area contributed by atoms with Crippen LogP contribution in [0.1, 0.15) is 6.17 Å². The fourth-order valence-electron chi connectivity index (χ4n) is 2.84. The van der Waals surface area contributed by atoms with Crippen molar-refractivity contribution in [1.82, 2.24) is 14.5 Å². The summed E-state index contributed by atoms with van der Waals surface area (Å²) in [6.45, 7) is 0.0747. The number of halogens is 1. The first kappa shape index (κ1) is 18.2. The maximum atomic E-state index is 13.7. The van der Waals surface area contributed by atoms with Crippen LogP contribution in [-0.4, -0.2) is 50.7 Å². The molecule has 8 nitrogen and oxygen atoms in total. The third-order valence-electron chi connectivity index (χ3n) is 4.03. The first-order valence-electron chi connectivity index (χ1n) is 7.67. The van der Waals surface area contributed by atoms with Crippen molar-refractivity contribution in [3.05, 3.63) is 63.2 Å². The van der Waals surface area contributed by atoms with Gasteiger partial charge >= 0.3 is 11.8 Å². The van der Waals surface area contributed by atoms with Gasteiger partial charge in [0.2, 0.25) is 5.82 Å². The summed E-state index contributed by atoms with van der Waals surface area (Å²) >= 11 is 1.32. The summed E-state index contributed by atoms with van der Waals surface area (Å²) in [5.41, 5.74) is -2.10. The highest BCUT2D eigenvalue weighted by molar-refractivity contribution is 8.00. The number of carbonyl (C=O) groups is 1. The first-order valence-corrected chi connectivity index (χ1v) is 8.55. The lowest BCUT2D eigenvalue weighted by atomic mass is 10.2. The Labute approximate surface area is 151 Å². The molecule has 138 valence electrons. The molecule has 0 unspecified atom stereocenters. The van der Waals surface area contributed by atoms with Crippen molar-refractivity contribution >= 4 is 17.9 Å². The molecule has 0 radical (unpaired) electrons. The van der Waals surface area contributed by atoms with Gasteiger partial charge in [-0.2, -0.15) is 4.39 Å². The Morgan fingerprint density at radius 3 is 2.69 bits per heavy atom. The fraction of sp³-hybridized carbons (Fsp3) is 0.312. The summed E-state index contributed by atoms with van der Waals surface area (Å²) in [7, 11) is 1.17. The van der Waals surface area contributed by atoms with E-state index in [-0.39, 0.29) is 6.54 Å². The molecule has 1 saturated heterocycles. The van der Waals surface area contributed by atoms with E-state index in [1.807, 2.05) is 35.3 Å². The lowest BCUT2D eigenvalue weighted by molar-refractivity contribution is 0.0564. The van der Waals surface area contributed by atoms with Crippen LogP contribution in [0.2, 0.25) is 0 Å². The maximum Gasteiger partial charge on any atom is 0.411 e. The highest BCUT2D eigenvalue weighted by Crippen LogP contribution is 2.37. The topological polar surface area (TPSA) is 105 Å². The third kappa shape index (κ3) is 3.37. The Morgan fingerprint density at radius 1 is 1.35 bits per heavy atom. The molecule has 2 aromatic rings. The summed E-state index contributed by atoms with van der Waals surface area (Å²) < 4.78 is 19.2. The molecule has 0 spiro atoms. The Bertz CT molecular complexity index is 916. The van der Waals surface area contributed by atoms with Crippen LogP contribution in [0.3, 0.4) is 0 Å². The number of rotatable bonds is 3. The smallest absolute Gasteiger partial charge is 0.411 e. The quantitative estimate of drug-likeness (QED) is 0.814. The Hall–Kier alpha value is -2.59. The summed E-state index contributed by atoms with van der Waals surface area (Å²) in [5, 5.41) is 10.2. The molecule has 3 rings (SSSR count). The van der Waals surface area contributed by atoms with Crippen LogP contribution in [-0.2, 0) is 4.74 Å². The van der Waals surface area contributed by atoms with Gasteiger partial charge in [-0.05, 0) is 12.1 Å². The van der Waals surface area contributed by atoms with E-state index in [9.17, 15) is 23.9 Å². The molecule has 1 fully saturated rings. The number of amides is 1. The molecule has 0 saturated carbocycles. The van der Waals surface area contributed by atoms with Gasteiger partial charge in [0.15, 0.2) is 0 Å². The number of methoxy groups -OCH3 is 1. The highest BCUT2D eigenvalue weighted by Gasteiger charge is 2.46. The normalized spacial score (nSPS) is 22.4. The number of carbonyl (C=O) groups excluding carboxylic acids is 1. The van der Waals surface area contributed by atoms with Crippen LogP contribution < -0.4 is 11.2 Å². The molecule has 26 heavy (non-hydrogen) atoms. The minimum absolute atomic E-state index is 0.0747. The van der Waals surface area contributed by atoms with Crippen LogP contribution in [0.15, 0.2) is 51.0 Å². The van der Waals surface area contributed by atoms with Crippen LogP contribution >= 0.6 is 11.8 Å². The molecule has 1 aromatic heterocycles. The van der Waals surface area contributed by atoms with E-state index in [4.69, 9.17) is 4.74 Å².